The molecule has 0 amide bonds. The zero-order valence-corrected chi connectivity index (χ0v) is 8.37. The topological polar surface area (TPSA) is 17.8 Å². The Morgan fingerprint density at radius 2 is 2.31 bits per heavy atom. The molecule has 0 bridgehead atoms. The molecule has 0 radical (unpaired) electrons. The first kappa shape index (κ1) is 10.0. The first-order valence-electron chi connectivity index (χ1n) is 5.02. The van der Waals surface area contributed by atoms with E-state index in [2.05, 4.69) is 23.1 Å². The van der Waals surface area contributed by atoms with E-state index in [1.807, 2.05) is 12.4 Å². The fraction of sp³-hybridized carbons (Fsp3) is 0.545. The van der Waals surface area contributed by atoms with Crippen molar-refractivity contribution in [1.82, 2.24) is 9.55 Å². The molecule has 0 unspecified atom stereocenters. The lowest BCUT2D eigenvalue weighted by molar-refractivity contribution is 0.579. The highest BCUT2D eigenvalue weighted by Crippen LogP contribution is 2.04. The quantitative estimate of drug-likeness (QED) is 0.612. The summed E-state index contributed by atoms with van der Waals surface area (Å²) in [6.45, 7) is 7.02. The number of imidazole rings is 1. The summed E-state index contributed by atoms with van der Waals surface area (Å²) in [6.07, 6.45) is 10.8. The third-order valence-electron chi connectivity index (χ3n) is 2.18. The lowest BCUT2D eigenvalue weighted by Crippen LogP contribution is -1.98. The smallest absolute Gasteiger partial charge is 0.131 e. The van der Waals surface area contributed by atoms with E-state index in [4.69, 9.17) is 0 Å². The van der Waals surface area contributed by atoms with Crippen molar-refractivity contribution in [2.24, 2.45) is 0 Å². The average molecular weight is 178 g/mol. The highest BCUT2D eigenvalue weighted by atomic mass is 15.0. The molecule has 0 N–H and O–H groups in total. The molecular weight excluding hydrogens is 160 g/mol. The molecule has 0 atom stereocenters. The lowest BCUT2D eigenvalue weighted by Gasteiger charge is -2.03. The Labute approximate surface area is 80.3 Å². The Morgan fingerprint density at radius 3 is 3.00 bits per heavy atom. The van der Waals surface area contributed by atoms with Crippen molar-refractivity contribution >= 4 is 6.08 Å². The maximum Gasteiger partial charge on any atom is 0.131 e. The summed E-state index contributed by atoms with van der Waals surface area (Å²) in [4.78, 5) is 4.18. The minimum atomic E-state index is 0.983. The zero-order chi connectivity index (χ0) is 9.52. The van der Waals surface area contributed by atoms with Crippen LogP contribution in [-0.4, -0.2) is 9.55 Å². The van der Waals surface area contributed by atoms with Crippen LogP contribution in [0, 0.1) is 0 Å². The number of rotatable bonds is 6. The standard InChI is InChI=1S/C11H18N2/c1-3-5-6-7-9-13-10-8-12-11(13)4-2/h4,8,10H,2-3,5-7,9H2,1H3. The van der Waals surface area contributed by atoms with Crippen LogP contribution < -0.4 is 0 Å². The van der Waals surface area contributed by atoms with Gasteiger partial charge in [0, 0.05) is 18.9 Å². The fourth-order valence-electron chi connectivity index (χ4n) is 1.41. The predicted octanol–water partition coefficient (Wildman–Crippen LogP) is 3.11. The summed E-state index contributed by atoms with van der Waals surface area (Å²) in [5, 5.41) is 0. The van der Waals surface area contributed by atoms with Crippen molar-refractivity contribution in [2.45, 2.75) is 39.2 Å². The van der Waals surface area contributed by atoms with E-state index in [-0.39, 0.29) is 0 Å². The Bertz CT molecular complexity index is 250. The van der Waals surface area contributed by atoms with Gasteiger partial charge in [0.1, 0.15) is 5.82 Å². The average Bonchev–Trinajstić information content (AvgIpc) is 2.60. The van der Waals surface area contributed by atoms with Gasteiger partial charge in [0.15, 0.2) is 0 Å². The number of hydrogen-bond donors (Lipinski definition) is 0. The fourth-order valence-corrected chi connectivity index (χ4v) is 1.41. The summed E-state index contributed by atoms with van der Waals surface area (Å²) in [5.41, 5.74) is 0. The van der Waals surface area contributed by atoms with E-state index in [1.165, 1.54) is 25.7 Å². The molecule has 0 aliphatic heterocycles. The van der Waals surface area contributed by atoms with Crippen LogP contribution in [-0.2, 0) is 6.54 Å². The molecule has 13 heavy (non-hydrogen) atoms. The van der Waals surface area contributed by atoms with Crippen molar-refractivity contribution in [3.05, 3.63) is 24.8 Å². The molecule has 0 fully saturated rings. The van der Waals surface area contributed by atoms with Gasteiger partial charge in [0.05, 0.1) is 0 Å². The molecule has 0 saturated carbocycles. The summed E-state index contributed by atoms with van der Waals surface area (Å²) in [6, 6.07) is 0. The predicted molar refractivity (Wildman–Crippen MR) is 56.5 cm³/mol. The van der Waals surface area contributed by atoms with Crippen LogP contribution in [0.5, 0.6) is 0 Å². The van der Waals surface area contributed by atoms with E-state index in [0.717, 1.165) is 12.4 Å². The van der Waals surface area contributed by atoms with Crippen LogP contribution >= 0.6 is 0 Å². The molecule has 0 saturated heterocycles. The minimum absolute atomic E-state index is 0.983. The Balaban J connectivity index is 2.31. The van der Waals surface area contributed by atoms with Gasteiger partial charge in [-0.1, -0.05) is 32.8 Å². The molecule has 0 spiro atoms. The molecule has 2 heteroatoms. The van der Waals surface area contributed by atoms with E-state index in [0.29, 0.717) is 0 Å². The first-order valence-corrected chi connectivity index (χ1v) is 5.02. The number of hydrogen-bond acceptors (Lipinski definition) is 1. The van der Waals surface area contributed by atoms with Gasteiger partial charge in [-0.3, -0.25) is 0 Å². The molecule has 1 rings (SSSR count). The van der Waals surface area contributed by atoms with Crippen LogP contribution in [0.15, 0.2) is 19.0 Å². The van der Waals surface area contributed by atoms with Gasteiger partial charge in [-0.05, 0) is 12.5 Å². The molecule has 2 nitrogen and oxygen atoms in total. The molecule has 0 aliphatic carbocycles. The Kier molecular flexibility index (Phi) is 4.30. The number of aryl methyl sites for hydroxylation is 1. The first-order chi connectivity index (χ1) is 6.38. The minimum Gasteiger partial charge on any atom is -0.332 e. The van der Waals surface area contributed by atoms with Crippen LogP contribution in [0.4, 0.5) is 0 Å². The van der Waals surface area contributed by atoms with Gasteiger partial charge in [-0.15, -0.1) is 0 Å². The number of nitrogens with zero attached hydrogens (tertiary/aromatic N) is 2. The Morgan fingerprint density at radius 1 is 1.46 bits per heavy atom. The molecule has 1 aromatic rings. The lowest BCUT2D eigenvalue weighted by atomic mass is 10.2. The second kappa shape index (κ2) is 5.57. The van der Waals surface area contributed by atoms with E-state index in [9.17, 15) is 0 Å². The van der Waals surface area contributed by atoms with Gasteiger partial charge in [0.25, 0.3) is 0 Å². The summed E-state index contributed by atoms with van der Waals surface area (Å²) in [5.74, 6) is 0.983. The van der Waals surface area contributed by atoms with Crippen LogP contribution in [0.2, 0.25) is 0 Å². The number of unbranched alkanes of at least 4 members (excludes halogenated alkanes) is 3. The molecule has 1 heterocycles. The van der Waals surface area contributed by atoms with Gasteiger partial charge in [0.2, 0.25) is 0 Å². The van der Waals surface area contributed by atoms with Crippen molar-refractivity contribution in [3.63, 3.8) is 0 Å². The molecule has 0 aliphatic rings. The second-order valence-electron chi connectivity index (χ2n) is 3.24. The Hall–Kier alpha value is -1.05. The van der Waals surface area contributed by atoms with E-state index >= 15 is 0 Å². The third-order valence-corrected chi connectivity index (χ3v) is 2.18. The maximum atomic E-state index is 4.18. The van der Waals surface area contributed by atoms with Crippen LogP contribution in [0.3, 0.4) is 0 Å². The summed E-state index contributed by atoms with van der Waals surface area (Å²) >= 11 is 0. The van der Waals surface area contributed by atoms with E-state index in [1.54, 1.807) is 6.08 Å². The van der Waals surface area contributed by atoms with Gasteiger partial charge in [-0.25, -0.2) is 4.98 Å². The van der Waals surface area contributed by atoms with Crippen LogP contribution in [0.1, 0.15) is 38.4 Å². The van der Waals surface area contributed by atoms with E-state index < -0.39 is 0 Å². The highest BCUT2D eigenvalue weighted by Gasteiger charge is 1.96. The molecular formula is C11H18N2. The van der Waals surface area contributed by atoms with Crippen molar-refractivity contribution < 1.29 is 0 Å². The zero-order valence-electron chi connectivity index (χ0n) is 8.37. The summed E-state index contributed by atoms with van der Waals surface area (Å²) < 4.78 is 2.16. The second-order valence-corrected chi connectivity index (χ2v) is 3.24. The number of aromatic nitrogens is 2. The van der Waals surface area contributed by atoms with Gasteiger partial charge >= 0.3 is 0 Å². The van der Waals surface area contributed by atoms with Gasteiger partial charge in [-0.2, -0.15) is 0 Å². The molecule has 1 aromatic heterocycles. The highest BCUT2D eigenvalue weighted by molar-refractivity contribution is 5.36. The maximum absolute atomic E-state index is 4.18. The summed E-state index contributed by atoms with van der Waals surface area (Å²) in [7, 11) is 0. The van der Waals surface area contributed by atoms with Crippen LogP contribution in [0.25, 0.3) is 6.08 Å². The normalized spacial score (nSPS) is 10.2. The molecule has 0 aromatic carbocycles. The van der Waals surface area contributed by atoms with Crippen molar-refractivity contribution in [1.29, 1.82) is 0 Å². The molecule has 72 valence electrons. The van der Waals surface area contributed by atoms with Crippen molar-refractivity contribution in [2.75, 3.05) is 0 Å². The monoisotopic (exact) mass is 178 g/mol. The van der Waals surface area contributed by atoms with Crippen molar-refractivity contribution in [3.8, 4) is 0 Å². The largest absolute Gasteiger partial charge is 0.332 e. The van der Waals surface area contributed by atoms with Gasteiger partial charge < -0.3 is 4.57 Å². The SMILES string of the molecule is C=Cc1nccn1CCCCCC. The third kappa shape index (κ3) is 3.05.